The van der Waals surface area contributed by atoms with E-state index in [2.05, 4.69) is 121 Å². The highest BCUT2D eigenvalue weighted by atomic mass is 15.2. The maximum atomic E-state index is 4.74. The molecule has 4 aromatic rings. The van der Waals surface area contributed by atoms with Crippen molar-refractivity contribution in [1.29, 1.82) is 0 Å². The summed E-state index contributed by atoms with van der Waals surface area (Å²) >= 11 is 0. The molecule has 0 saturated heterocycles. The fourth-order valence-corrected chi connectivity index (χ4v) is 7.12. The fraction of sp³-hybridized carbons (Fsp3) is 0.0571. The van der Waals surface area contributed by atoms with Crippen molar-refractivity contribution in [3.05, 3.63) is 115 Å². The van der Waals surface area contributed by atoms with Crippen molar-refractivity contribution in [2.24, 2.45) is 0 Å². The summed E-state index contributed by atoms with van der Waals surface area (Å²) in [6, 6.07) is 26.0. The third-order valence-electron chi connectivity index (χ3n) is 8.95. The van der Waals surface area contributed by atoms with E-state index in [-0.39, 0.29) is 0 Å². The number of hydrogen-bond donors (Lipinski definition) is 2. The first-order valence-corrected chi connectivity index (χ1v) is 14.2. The molecule has 6 heterocycles. The number of nitrogens with one attached hydrogen (secondary N) is 2. The smallest absolute Gasteiger partial charge is 0.162 e. The van der Waals surface area contributed by atoms with Gasteiger partial charge in [-0.05, 0) is 66.6 Å². The van der Waals surface area contributed by atoms with Gasteiger partial charge in [0.1, 0.15) is 11.5 Å². The van der Waals surface area contributed by atoms with Crippen LogP contribution in [0.1, 0.15) is 18.0 Å². The quantitative estimate of drug-likeness (QED) is 0.235. The molecule has 2 aromatic carbocycles. The average Bonchev–Trinajstić information content (AvgIpc) is 3.81. The zero-order chi connectivity index (χ0) is 27.4. The van der Waals surface area contributed by atoms with Gasteiger partial charge in [0.2, 0.25) is 0 Å². The summed E-state index contributed by atoms with van der Waals surface area (Å²) < 4.78 is 4.67. The van der Waals surface area contributed by atoms with Crippen LogP contribution < -0.4 is 10.6 Å². The number of nitrogens with zero attached hydrogens (tertiary/aromatic N) is 5. The highest BCUT2D eigenvalue weighted by Crippen LogP contribution is 2.52. The highest BCUT2D eigenvalue weighted by molar-refractivity contribution is 6.20. The Labute approximate surface area is 240 Å². The molecule has 2 aliphatic carbocycles. The van der Waals surface area contributed by atoms with E-state index in [9.17, 15) is 0 Å². The van der Waals surface area contributed by atoms with E-state index in [1.807, 2.05) is 12.1 Å². The van der Waals surface area contributed by atoms with E-state index in [0.717, 1.165) is 40.7 Å². The molecule has 0 radical (unpaired) electrons. The number of pyridine rings is 2. The molecule has 4 aliphatic heterocycles. The third-order valence-corrected chi connectivity index (χ3v) is 8.95. The maximum absolute atomic E-state index is 4.74. The molecular formula is C35H23N7. The largest absolute Gasteiger partial charge is 0.340 e. The van der Waals surface area contributed by atoms with Crippen molar-refractivity contribution in [2.45, 2.75) is 12.5 Å². The lowest BCUT2D eigenvalue weighted by atomic mass is 9.97. The SMILES string of the molecule is C1=CCC2C(=C1)c1cc(Nc3nnc4cnc(Nc5cc6c7ccccc7n7cccc5c67)ccc3-4)c3cccn2c1-3. The van der Waals surface area contributed by atoms with Crippen molar-refractivity contribution < 1.29 is 0 Å². The summed E-state index contributed by atoms with van der Waals surface area (Å²) in [6.07, 6.45) is 13.8. The van der Waals surface area contributed by atoms with E-state index < -0.39 is 0 Å². The Morgan fingerprint density at radius 2 is 1.69 bits per heavy atom. The predicted octanol–water partition coefficient (Wildman–Crippen LogP) is 8.26. The second-order valence-electron chi connectivity index (χ2n) is 11.2. The molecule has 0 fully saturated rings. The van der Waals surface area contributed by atoms with Gasteiger partial charge in [-0.25, -0.2) is 4.98 Å². The molecule has 10 rings (SSSR count). The molecule has 0 amide bonds. The van der Waals surface area contributed by atoms with Crippen molar-refractivity contribution in [2.75, 3.05) is 10.6 Å². The lowest BCUT2D eigenvalue weighted by Gasteiger charge is -2.20. The normalized spacial score (nSPS) is 15.8. The van der Waals surface area contributed by atoms with Crippen LogP contribution in [0, 0.1) is 0 Å². The van der Waals surface area contributed by atoms with Gasteiger partial charge in [0.15, 0.2) is 5.82 Å². The third kappa shape index (κ3) is 2.86. The minimum absolute atomic E-state index is 0.387. The standard InChI is InChI=1S/C35H23N7/c1-3-11-30-20(7-1)25-17-27(22-9-5-15-41(30)33(22)25)37-32-14-13-24-29(19-36-32)39-40-35(24)38-28-18-26-21-8-2-4-12-31(21)42-16-6-10-23(28)34(26)42/h1-11,13-19,31H,12H2,(H,36,37)(H,38,40). The van der Waals surface area contributed by atoms with Crippen molar-refractivity contribution in [3.63, 3.8) is 0 Å². The van der Waals surface area contributed by atoms with Gasteiger partial charge >= 0.3 is 0 Å². The van der Waals surface area contributed by atoms with Gasteiger partial charge in [0.05, 0.1) is 29.0 Å². The van der Waals surface area contributed by atoms with Crippen LogP contribution >= 0.6 is 0 Å². The average molecular weight is 542 g/mol. The molecule has 2 aromatic heterocycles. The number of benzene rings is 1. The number of fused-ring (bicyclic) bond motifs is 7. The van der Waals surface area contributed by atoms with Crippen LogP contribution in [0.25, 0.3) is 55.3 Å². The number of hydrogen-bond acceptors (Lipinski definition) is 5. The summed E-state index contributed by atoms with van der Waals surface area (Å²) in [7, 11) is 0. The number of allylic oxidation sites excluding steroid dienone is 4. The van der Waals surface area contributed by atoms with Crippen LogP contribution in [0.4, 0.5) is 23.0 Å². The van der Waals surface area contributed by atoms with Gasteiger partial charge in [-0.3, -0.25) is 0 Å². The Balaban J connectivity index is 1.01. The van der Waals surface area contributed by atoms with Gasteiger partial charge in [-0.15, -0.1) is 10.2 Å². The van der Waals surface area contributed by atoms with E-state index in [1.54, 1.807) is 6.20 Å². The monoisotopic (exact) mass is 541 g/mol. The van der Waals surface area contributed by atoms with E-state index in [1.165, 1.54) is 49.6 Å². The van der Waals surface area contributed by atoms with Gasteiger partial charge in [-0.2, -0.15) is 0 Å². The van der Waals surface area contributed by atoms with Crippen LogP contribution in [-0.4, -0.2) is 24.1 Å². The number of aromatic nitrogens is 5. The zero-order valence-corrected chi connectivity index (χ0v) is 22.4. The van der Waals surface area contributed by atoms with Crippen LogP contribution in [0.3, 0.4) is 0 Å². The van der Waals surface area contributed by atoms with Crippen LogP contribution in [-0.2, 0) is 0 Å². The maximum Gasteiger partial charge on any atom is 0.162 e. The highest BCUT2D eigenvalue weighted by Gasteiger charge is 2.34. The molecule has 7 nitrogen and oxygen atoms in total. The van der Waals surface area contributed by atoms with E-state index >= 15 is 0 Å². The summed E-state index contributed by atoms with van der Waals surface area (Å²) in [5.74, 6) is 1.48. The van der Waals surface area contributed by atoms with E-state index in [0.29, 0.717) is 6.04 Å². The number of rotatable bonds is 4. The van der Waals surface area contributed by atoms with E-state index in [4.69, 9.17) is 4.98 Å². The fourth-order valence-electron chi connectivity index (χ4n) is 7.12. The second kappa shape index (κ2) is 7.95. The first-order chi connectivity index (χ1) is 20.8. The summed E-state index contributed by atoms with van der Waals surface area (Å²) in [5, 5.41) is 19.8. The summed E-state index contributed by atoms with van der Waals surface area (Å²) in [4.78, 5) is 4.74. The van der Waals surface area contributed by atoms with Gasteiger partial charge in [0.25, 0.3) is 0 Å². The Hall–Kier alpha value is -5.69. The zero-order valence-electron chi connectivity index (χ0n) is 22.4. The van der Waals surface area contributed by atoms with Crippen molar-refractivity contribution >= 4 is 55.8 Å². The Bertz CT molecular complexity index is 2350. The molecule has 0 saturated carbocycles. The number of para-hydroxylation sites is 1. The molecule has 6 aliphatic rings. The molecule has 0 spiro atoms. The van der Waals surface area contributed by atoms with Crippen LogP contribution in [0.2, 0.25) is 0 Å². The topological polar surface area (TPSA) is 72.1 Å². The first-order valence-electron chi connectivity index (χ1n) is 14.2. The lowest BCUT2D eigenvalue weighted by Crippen LogP contribution is -2.07. The molecule has 1 atom stereocenters. The molecule has 198 valence electrons. The molecular weight excluding hydrogens is 518 g/mol. The molecule has 1 unspecified atom stereocenters. The van der Waals surface area contributed by atoms with Crippen LogP contribution in [0.5, 0.6) is 0 Å². The Kier molecular flexibility index (Phi) is 4.17. The Morgan fingerprint density at radius 3 is 2.69 bits per heavy atom. The molecule has 2 N–H and O–H groups in total. The van der Waals surface area contributed by atoms with Gasteiger partial charge in [-0.1, -0.05) is 36.4 Å². The Morgan fingerprint density at radius 1 is 0.762 bits per heavy atom. The molecule has 7 heteroatoms. The second-order valence-corrected chi connectivity index (χ2v) is 11.2. The van der Waals surface area contributed by atoms with Gasteiger partial charge < -0.3 is 19.6 Å². The number of anilines is 4. The van der Waals surface area contributed by atoms with Crippen molar-refractivity contribution in [3.8, 4) is 22.5 Å². The minimum Gasteiger partial charge on any atom is -0.340 e. The van der Waals surface area contributed by atoms with Crippen molar-refractivity contribution in [1.82, 2.24) is 24.1 Å². The lowest BCUT2D eigenvalue weighted by molar-refractivity contribution is 0.648. The minimum atomic E-state index is 0.387. The van der Waals surface area contributed by atoms with Gasteiger partial charge in [0, 0.05) is 56.6 Å². The first kappa shape index (κ1) is 22.1. The summed E-state index contributed by atoms with van der Waals surface area (Å²) in [6.45, 7) is 0. The molecule has 0 bridgehead atoms. The van der Waals surface area contributed by atoms with Crippen LogP contribution in [0.15, 0.2) is 110 Å². The summed E-state index contributed by atoms with van der Waals surface area (Å²) in [5.41, 5.74) is 11.3. The predicted molar refractivity (Wildman–Crippen MR) is 168 cm³/mol. The molecule has 42 heavy (non-hydrogen) atoms.